The predicted octanol–water partition coefficient (Wildman–Crippen LogP) is -0.0376. The monoisotopic (exact) mass is 222 g/mol. The summed E-state index contributed by atoms with van der Waals surface area (Å²) in [6.07, 6.45) is 0.708. The second-order valence-corrected chi connectivity index (χ2v) is 6.01. The van der Waals surface area contributed by atoms with Gasteiger partial charge in [0.2, 0.25) is 0 Å². The zero-order chi connectivity index (χ0) is 11.0. The van der Waals surface area contributed by atoms with E-state index in [-0.39, 0.29) is 5.75 Å². The van der Waals surface area contributed by atoms with Crippen LogP contribution in [0.25, 0.3) is 0 Å². The molecule has 0 aliphatic heterocycles. The van der Waals surface area contributed by atoms with Gasteiger partial charge in [-0.3, -0.25) is 0 Å². The Balaban J connectivity index is 3.45. The average Bonchev–Trinajstić information content (AvgIpc) is 2.02. The summed E-state index contributed by atoms with van der Waals surface area (Å²) < 4.78 is 22.6. The number of sulfone groups is 1. The van der Waals surface area contributed by atoms with Crippen LogP contribution in [0.3, 0.4) is 0 Å². The lowest BCUT2D eigenvalue weighted by Gasteiger charge is -2.10. The van der Waals surface area contributed by atoms with E-state index in [0.717, 1.165) is 13.1 Å². The van der Waals surface area contributed by atoms with Gasteiger partial charge in [-0.05, 0) is 20.5 Å². The predicted molar refractivity (Wildman–Crippen MR) is 60.4 cm³/mol. The molecule has 0 radical (unpaired) electrons. The fourth-order valence-electron chi connectivity index (χ4n) is 1.07. The Labute approximate surface area is 87.6 Å². The minimum absolute atomic E-state index is 0.258. The van der Waals surface area contributed by atoms with Gasteiger partial charge in [-0.15, -0.1) is 0 Å². The molecule has 0 saturated heterocycles. The van der Waals surface area contributed by atoms with Crippen molar-refractivity contribution in [2.75, 3.05) is 45.2 Å². The maximum atomic E-state index is 11.3. The molecule has 0 spiro atoms. The first-order chi connectivity index (χ1) is 6.48. The van der Waals surface area contributed by atoms with Crippen LogP contribution in [0.2, 0.25) is 0 Å². The van der Waals surface area contributed by atoms with Crippen LogP contribution >= 0.6 is 0 Å². The van der Waals surface area contributed by atoms with Crippen molar-refractivity contribution >= 4 is 9.84 Å². The molecule has 0 amide bonds. The third-order valence-electron chi connectivity index (χ3n) is 1.84. The first-order valence-electron chi connectivity index (χ1n) is 5.04. The standard InChI is InChI=1S/C9H22N2O2S/c1-4-8-14(12,13)9-6-10-5-7-11(2)3/h10H,4-9H2,1-3H3. The molecule has 0 aromatic heterocycles. The van der Waals surface area contributed by atoms with E-state index in [1.165, 1.54) is 0 Å². The lowest BCUT2D eigenvalue weighted by molar-refractivity contribution is 0.402. The van der Waals surface area contributed by atoms with Gasteiger partial charge in [0.1, 0.15) is 0 Å². The molecule has 0 saturated carbocycles. The molecule has 0 heterocycles. The summed E-state index contributed by atoms with van der Waals surface area (Å²) in [5, 5.41) is 3.11. The molecule has 14 heavy (non-hydrogen) atoms. The summed E-state index contributed by atoms with van der Waals surface area (Å²) in [5.41, 5.74) is 0. The van der Waals surface area contributed by atoms with Crippen LogP contribution in [0.5, 0.6) is 0 Å². The summed E-state index contributed by atoms with van der Waals surface area (Å²) in [6.45, 7) is 4.23. The Hall–Kier alpha value is -0.130. The van der Waals surface area contributed by atoms with Crippen molar-refractivity contribution in [3.63, 3.8) is 0 Å². The third kappa shape index (κ3) is 8.47. The minimum Gasteiger partial charge on any atom is -0.314 e. The minimum atomic E-state index is -2.81. The van der Waals surface area contributed by atoms with E-state index in [4.69, 9.17) is 0 Å². The number of rotatable bonds is 8. The van der Waals surface area contributed by atoms with Gasteiger partial charge in [0, 0.05) is 25.4 Å². The van der Waals surface area contributed by atoms with Crippen molar-refractivity contribution in [2.45, 2.75) is 13.3 Å². The van der Waals surface area contributed by atoms with Crippen molar-refractivity contribution in [1.82, 2.24) is 10.2 Å². The van der Waals surface area contributed by atoms with Crippen LogP contribution in [0, 0.1) is 0 Å². The second-order valence-electron chi connectivity index (χ2n) is 3.71. The van der Waals surface area contributed by atoms with Crippen molar-refractivity contribution < 1.29 is 8.42 Å². The molecule has 0 aliphatic rings. The topological polar surface area (TPSA) is 49.4 Å². The van der Waals surface area contributed by atoms with Crippen LogP contribution in [-0.4, -0.2) is 58.6 Å². The Morgan fingerprint density at radius 1 is 1.14 bits per heavy atom. The van der Waals surface area contributed by atoms with Crippen LogP contribution in [0.1, 0.15) is 13.3 Å². The number of hydrogen-bond donors (Lipinski definition) is 1. The molecule has 1 N–H and O–H groups in total. The van der Waals surface area contributed by atoms with Crippen molar-refractivity contribution in [3.05, 3.63) is 0 Å². The fourth-order valence-corrected chi connectivity index (χ4v) is 2.35. The summed E-state index contributed by atoms with van der Waals surface area (Å²) in [7, 11) is 1.18. The van der Waals surface area contributed by atoms with Crippen LogP contribution < -0.4 is 5.32 Å². The van der Waals surface area contributed by atoms with E-state index in [1.807, 2.05) is 21.0 Å². The SMILES string of the molecule is CCCS(=O)(=O)CCNCCN(C)C. The molecule has 0 rings (SSSR count). The van der Waals surface area contributed by atoms with Gasteiger partial charge in [-0.25, -0.2) is 8.42 Å². The van der Waals surface area contributed by atoms with E-state index in [2.05, 4.69) is 10.2 Å². The molecule has 0 atom stereocenters. The molecule has 4 nitrogen and oxygen atoms in total. The highest BCUT2D eigenvalue weighted by molar-refractivity contribution is 7.91. The first-order valence-corrected chi connectivity index (χ1v) is 6.86. The Bertz CT molecular complexity index is 225. The van der Waals surface area contributed by atoms with Crippen molar-refractivity contribution in [2.24, 2.45) is 0 Å². The molecule has 0 bridgehead atoms. The van der Waals surface area contributed by atoms with E-state index >= 15 is 0 Å². The lowest BCUT2D eigenvalue weighted by atomic mass is 10.5. The largest absolute Gasteiger partial charge is 0.314 e. The molecule has 0 aromatic carbocycles. The highest BCUT2D eigenvalue weighted by Gasteiger charge is 2.07. The first kappa shape index (κ1) is 13.9. The Morgan fingerprint density at radius 3 is 2.29 bits per heavy atom. The van der Waals surface area contributed by atoms with Crippen molar-refractivity contribution in [3.8, 4) is 0 Å². The normalized spacial score (nSPS) is 12.3. The molecule has 5 heteroatoms. The van der Waals surface area contributed by atoms with Gasteiger partial charge in [-0.1, -0.05) is 6.92 Å². The summed E-state index contributed by atoms with van der Waals surface area (Å²) in [4.78, 5) is 2.06. The maximum Gasteiger partial charge on any atom is 0.151 e. The number of hydrogen-bond acceptors (Lipinski definition) is 4. The van der Waals surface area contributed by atoms with E-state index in [0.29, 0.717) is 18.7 Å². The lowest BCUT2D eigenvalue weighted by Crippen LogP contribution is -2.30. The summed E-state index contributed by atoms with van der Waals surface area (Å²) >= 11 is 0. The molecule has 86 valence electrons. The summed E-state index contributed by atoms with van der Waals surface area (Å²) in [5.74, 6) is 0.566. The van der Waals surface area contributed by atoms with Gasteiger partial charge in [0.25, 0.3) is 0 Å². The third-order valence-corrected chi connectivity index (χ3v) is 3.70. The number of nitrogens with one attached hydrogen (secondary N) is 1. The zero-order valence-corrected chi connectivity index (χ0v) is 10.2. The van der Waals surface area contributed by atoms with Crippen LogP contribution in [0.15, 0.2) is 0 Å². The molecule has 0 aliphatic carbocycles. The van der Waals surface area contributed by atoms with Crippen LogP contribution in [0.4, 0.5) is 0 Å². The Kier molecular flexibility index (Phi) is 7.13. The fraction of sp³-hybridized carbons (Fsp3) is 1.00. The molecular formula is C9H22N2O2S. The van der Waals surface area contributed by atoms with Gasteiger partial charge in [0.15, 0.2) is 9.84 Å². The number of nitrogens with zero attached hydrogens (tertiary/aromatic N) is 1. The van der Waals surface area contributed by atoms with Gasteiger partial charge in [0.05, 0.1) is 5.75 Å². The van der Waals surface area contributed by atoms with Gasteiger partial charge >= 0.3 is 0 Å². The molecule has 0 aromatic rings. The van der Waals surface area contributed by atoms with E-state index in [9.17, 15) is 8.42 Å². The average molecular weight is 222 g/mol. The maximum absolute atomic E-state index is 11.3. The van der Waals surface area contributed by atoms with Crippen LogP contribution in [-0.2, 0) is 9.84 Å². The van der Waals surface area contributed by atoms with E-state index < -0.39 is 9.84 Å². The van der Waals surface area contributed by atoms with Crippen molar-refractivity contribution in [1.29, 1.82) is 0 Å². The van der Waals surface area contributed by atoms with E-state index in [1.54, 1.807) is 0 Å². The smallest absolute Gasteiger partial charge is 0.151 e. The number of likely N-dealkylation sites (N-methyl/N-ethyl adjacent to an activating group) is 1. The Morgan fingerprint density at radius 2 is 1.79 bits per heavy atom. The quantitative estimate of drug-likeness (QED) is 0.586. The summed E-state index contributed by atoms with van der Waals surface area (Å²) in [6, 6.07) is 0. The second kappa shape index (κ2) is 7.20. The highest BCUT2D eigenvalue weighted by atomic mass is 32.2. The molecular weight excluding hydrogens is 200 g/mol. The molecule has 0 fully saturated rings. The highest BCUT2D eigenvalue weighted by Crippen LogP contribution is 1.91. The molecule has 0 unspecified atom stereocenters. The van der Waals surface area contributed by atoms with Gasteiger partial charge < -0.3 is 10.2 Å². The van der Waals surface area contributed by atoms with Gasteiger partial charge in [-0.2, -0.15) is 0 Å². The zero-order valence-electron chi connectivity index (χ0n) is 9.41.